The number of halogens is 1. The molecule has 2 rings (SSSR count). The van der Waals surface area contributed by atoms with Crippen LogP contribution in [0.3, 0.4) is 0 Å². The van der Waals surface area contributed by atoms with Crippen molar-refractivity contribution in [3.63, 3.8) is 0 Å². The van der Waals surface area contributed by atoms with Gasteiger partial charge < -0.3 is 5.32 Å². The van der Waals surface area contributed by atoms with E-state index in [4.69, 9.17) is 11.6 Å². The number of nitrogens with one attached hydrogen (secondary N) is 1. The maximum Gasteiger partial charge on any atom is 0.0500 e. The number of benzene rings is 1. The van der Waals surface area contributed by atoms with Gasteiger partial charge in [-0.15, -0.1) is 0 Å². The molecule has 19 heavy (non-hydrogen) atoms. The standard InChI is InChI=1S/C15H23ClN2S/c1-3-8-17-15(12-6-4-5-7-13(12)16)14-11-19-10-9-18(14)2/h4-7,14-15,17H,3,8-11H2,1-2H3. The van der Waals surface area contributed by atoms with Gasteiger partial charge in [0.1, 0.15) is 0 Å². The Balaban J connectivity index is 2.22. The van der Waals surface area contributed by atoms with Crippen molar-refractivity contribution in [3.8, 4) is 0 Å². The van der Waals surface area contributed by atoms with E-state index in [9.17, 15) is 0 Å². The fraction of sp³-hybridized carbons (Fsp3) is 0.600. The Morgan fingerprint density at radius 2 is 2.26 bits per heavy atom. The molecule has 1 aromatic rings. The van der Waals surface area contributed by atoms with Crippen LogP contribution < -0.4 is 5.32 Å². The molecule has 1 fully saturated rings. The molecule has 1 aliphatic rings. The van der Waals surface area contributed by atoms with Crippen LogP contribution in [0.15, 0.2) is 24.3 Å². The van der Waals surface area contributed by atoms with Gasteiger partial charge in [-0.1, -0.05) is 36.7 Å². The summed E-state index contributed by atoms with van der Waals surface area (Å²) < 4.78 is 0. The molecule has 0 saturated carbocycles. The van der Waals surface area contributed by atoms with Crippen molar-refractivity contribution in [1.82, 2.24) is 10.2 Å². The molecular formula is C15H23ClN2S. The zero-order valence-electron chi connectivity index (χ0n) is 11.7. The third-order valence-corrected chi connectivity index (χ3v) is 5.08. The summed E-state index contributed by atoms with van der Waals surface area (Å²) >= 11 is 8.44. The minimum Gasteiger partial charge on any atom is -0.309 e. The average molecular weight is 299 g/mol. The minimum atomic E-state index is 0.325. The molecule has 1 aliphatic heterocycles. The van der Waals surface area contributed by atoms with Gasteiger partial charge in [0.25, 0.3) is 0 Å². The molecule has 0 amide bonds. The van der Waals surface area contributed by atoms with Crippen molar-refractivity contribution in [2.75, 3.05) is 31.6 Å². The van der Waals surface area contributed by atoms with E-state index in [-0.39, 0.29) is 0 Å². The highest BCUT2D eigenvalue weighted by Gasteiger charge is 2.29. The van der Waals surface area contributed by atoms with Crippen LogP contribution in [0.5, 0.6) is 0 Å². The van der Waals surface area contributed by atoms with Gasteiger partial charge in [0.15, 0.2) is 0 Å². The number of nitrogens with zero attached hydrogens (tertiary/aromatic N) is 1. The highest BCUT2D eigenvalue weighted by atomic mass is 35.5. The van der Waals surface area contributed by atoms with Crippen LogP contribution in [0.2, 0.25) is 5.02 Å². The van der Waals surface area contributed by atoms with Crippen LogP contribution >= 0.6 is 23.4 Å². The number of rotatable bonds is 5. The summed E-state index contributed by atoms with van der Waals surface area (Å²) in [6.45, 7) is 4.39. The van der Waals surface area contributed by atoms with Gasteiger partial charge in [-0.25, -0.2) is 0 Å². The van der Waals surface area contributed by atoms with Crippen LogP contribution in [0.25, 0.3) is 0 Å². The Hall–Kier alpha value is -0.220. The summed E-state index contributed by atoms with van der Waals surface area (Å²) in [5, 5.41) is 4.56. The van der Waals surface area contributed by atoms with E-state index in [1.165, 1.54) is 17.1 Å². The summed E-state index contributed by atoms with van der Waals surface area (Å²) in [4.78, 5) is 2.47. The minimum absolute atomic E-state index is 0.325. The third kappa shape index (κ3) is 3.88. The molecule has 0 bridgehead atoms. The lowest BCUT2D eigenvalue weighted by atomic mass is 9.98. The Bertz CT molecular complexity index is 399. The summed E-state index contributed by atoms with van der Waals surface area (Å²) in [6.07, 6.45) is 1.14. The second-order valence-corrected chi connectivity index (χ2v) is 6.63. The number of likely N-dealkylation sites (N-methyl/N-ethyl adjacent to an activating group) is 1. The smallest absolute Gasteiger partial charge is 0.0500 e. The molecule has 1 heterocycles. The lowest BCUT2D eigenvalue weighted by Crippen LogP contribution is -2.48. The monoisotopic (exact) mass is 298 g/mol. The van der Waals surface area contributed by atoms with Crippen molar-refractivity contribution < 1.29 is 0 Å². The Morgan fingerprint density at radius 3 is 2.95 bits per heavy atom. The van der Waals surface area contributed by atoms with Crippen molar-refractivity contribution in [1.29, 1.82) is 0 Å². The van der Waals surface area contributed by atoms with Gasteiger partial charge in [-0.05, 0) is 31.6 Å². The highest BCUT2D eigenvalue weighted by Crippen LogP contribution is 2.30. The first-order valence-corrected chi connectivity index (χ1v) is 8.53. The Kier molecular flexibility index (Phi) is 6.02. The molecule has 1 N–H and O–H groups in total. The molecule has 0 spiro atoms. The Labute approximate surface area is 125 Å². The van der Waals surface area contributed by atoms with Crippen LogP contribution in [0.1, 0.15) is 24.9 Å². The van der Waals surface area contributed by atoms with Crippen molar-refractivity contribution in [2.24, 2.45) is 0 Å². The molecule has 2 unspecified atom stereocenters. The molecule has 106 valence electrons. The molecule has 1 saturated heterocycles. The Morgan fingerprint density at radius 1 is 1.47 bits per heavy atom. The first-order valence-electron chi connectivity index (χ1n) is 6.99. The number of hydrogen-bond acceptors (Lipinski definition) is 3. The van der Waals surface area contributed by atoms with Gasteiger partial charge in [0.2, 0.25) is 0 Å². The second-order valence-electron chi connectivity index (χ2n) is 5.08. The molecule has 4 heteroatoms. The first kappa shape index (κ1) is 15.2. The van der Waals surface area contributed by atoms with Crippen molar-refractivity contribution in [3.05, 3.63) is 34.9 Å². The van der Waals surface area contributed by atoms with Crippen LogP contribution in [-0.4, -0.2) is 42.6 Å². The molecular weight excluding hydrogens is 276 g/mol. The molecule has 0 aromatic heterocycles. The molecule has 2 atom stereocenters. The summed E-state index contributed by atoms with van der Waals surface area (Å²) in [7, 11) is 2.22. The number of thioether (sulfide) groups is 1. The third-order valence-electron chi connectivity index (χ3n) is 3.68. The maximum atomic E-state index is 6.40. The van der Waals surface area contributed by atoms with Crippen LogP contribution in [0.4, 0.5) is 0 Å². The summed E-state index contributed by atoms with van der Waals surface area (Å²) in [5.74, 6) is 2.40. The predicted octanol–water partition coefficient (Wildman–Crippen LogP) is 3.43. The van der Waals surface area contributed by atoms with E-state index < -0.39 is 0 Å². The van der Waals surface area contributed by atoms with Gasteiger partial charge >= 0.3 is 0 Å². The SMILES string of the molecule is CCCNC(c1ccccc1Cl)C1CSCCN1C. The first-order chi connectivity index (χ1) is 9.24. The average Bonchev–Trinajstić information content (AvgIpc) is 2.42. The van der Waals surface area contributed by atoms with Crippen LogP contribution in [-0.2, 0) is 0 Å². The highest BCUT2D eigenvalue weighted by molar-refractivity contribution is 7.99. The number of hydrogen-bond donors (Lipinski definition) is 1. The summed E-state index contributed by atoms with van der Waals surface area (Å²) in [6, 6.07) is 9.08. The topological polar surface area (TPSA) is 15.3 Å². The second kappa shape index (κ2) is 7.53. The van der Waals surface area contributed by atoms with E-state index in [1.807, 2.05) is 23.9 Å². The predicted molar refractivity (Wildman–Crippen MR) is 86.2 cm³/mol. The van der Waals surface area contributed by atoms with Gasteiger partial charge in [-0.2, -0.15) is 11.8 Å². The van der Waals surface area contributed by atoms with E-state index >= 15 is 0 Å². The van der Waals surface area contributed by atoms with Gasteiger partial charge in [-0.3, -0.25) is 4.90 Å². The maximum absolute atomic E-state index is 6.40. The normalized spacial score (nSPS) is 22.4. The molecule has 0 radical (unpaired) electrons. The molecule has 0 aliphatic carbocycles. The zero-order valence-corrected chi connectivity index (χ0v) is 13.3. The van der Waals surface area contributed by atoms with Gasteiger partial charge in [0.05, 0.1) is 6.04 Å². The fourth-order valence-corrected chi connectivity index (χ4v) is 4.06. The summed E-state index contributed by atoms with van der Waals surface area (Å²) in [5.41, 5.74) is 1.23. The van der Waals surface area contributed by atoms with E-state index in [0.29, 0.717) is 12.1 Å². The van der Waals surface area contributed by atoms with E-state index in [0.717, 1.165) is 24.5 Å². The largest absolute Gasteiger partial charge is 0.309 e. The van der Waals surface area contributed by atoms with Gasteiger partial charge in [0, 0.05) is 29.1 Å². The zero-order chi connectivity index (χ0) is 13.7. The van der Waals surface area contributed by atoms with E-state index in [1.54, 1.807) is 0 Å². The lowest BCUT2D eigenvalue weighted by Gasteiger charge is -2.38. The quantitative estimate of drug-likeness (QED) is 0.896. The van der Waals surface area contributed by atoms with E-state index in [2.05, 4.69) is 36.3 Å². The lowest BCUT2D eigenvalue weighted by molar-refractivity contribution is 0.216. The molecule has 2 nitrogen and oxygen atoms in total. The van der Waals surface area contributed by atoms with Crippen molar-refractivity contribution in [2.45, 2.75) is 25.4 Å². The van der Waals surface area contributed by atoms with Crippen LogP contribution in [0, 0.1) is 0 Å². The van der Waals surface area contributed by atoms with Crippen molar-refractivity contribution >= 4 is 23.4 Å². The molecule has 1 aromatic carbocycles. The fourth-order valence-electron chi connectivity index (χ4n) is 2.54.